The number of halogens is 1. The van der Waals surface area contributed by atoms with Crippen LogP contribution < -0.4 is 0 Å². The van der Waals surface area contributed by atoms with E-state index in [2.05, 4.69) is 23.1 Å². The molecule has 0 atom stereocenters. The zero-order valence-corrected chi connectivity index (χ0v) is 17.0. The van der Waals surface area contributed by atoms with Crippen LogP contribution in [0, 0.1) is 0 Å². The molecule has 0 aliphatic carbocycles. The summed E-state index contributed by atoms with van der Waals surface area (Å²) in [5.41, 5.74) is 4.14. The average molecular weight is 397 g/mol. The second kappa shape index (κ2) is 8.63. The van der Waals surface area contributed by atoms with Crippen molar-refractivity contribution in [2.45, 2.75) is 19.5 Å². The number of hydrogen-bond donors (Lipinski definition) is 0. The SMILES string of the molecule is CN(C)Cc1cc2c(o1)CCN(C(=O)c1ccc(-c3ccccc3)cc1)C2.Cl. The number of nitrogens with zero attached hydrogens (tertiary/aromatic N) is 2. The molecule has 0 unspecified atom stereocenters. The maximum Gasteiger partial charge on any atom is 0.254 e. The summed E-state index contributed by atoms with van der Waals surface area (Å²) in [7, 11) is 4.05. The fourth-order valence-corrected chi connectivity index (χ4v) is 3.58. The second-order valence-electron chi connectivity index (χ2n) is 7.32. The van der Waals surface area contributed by atoms with Crippen LogP contribution in [0.3, 0.4) is 0 Å². The molecule has 4 nitrogen and oxygen atoms in total. The Bertz CT molecular complexity index is 933. The molecule has 0 spiro atoms. The lowest BCUT2D eigenvalue weighted by Crippen LogP contribution is -2.35. The molecule has 4 rings (SSSR count). The van der Waals surface area contributed by atoms with Gasteiger partial charge in [-0.05, 0) is 43.4 Å². The molecule has 28 heavy (non-hydrogen) atoms. The highest BCUT2D eigenvalue weighted by Gasteiger charge is 2.25. The van der Waals surface area contributed by atoms with Gasteiger partial charge in [-0.15, -0.1) is 12.4 Å². The molecule has 146 valence electrons. The Hall–Kier alpha value is -2.56. The van der Waals surface area contributed by atoms with Crippen LogP contribution in [0.1, 0.15) is 27.4 Å². The van der Waals surface area contributed by atoms with Crippen molar-refractivity contribution >= 4 is 18.3 Å². The van der Waals surface area contributed by atoms with Gasteiger partial charge in [-0.1, -0.05) is 42.5 Å². The van der Waals surface area contributed by atoms with Crippen LogP contribution in [0.15, 0.2) is 65.1 Å². The van der Waals surface area contributed by atoms with Crippen molar-refractivity contribution < 1.29 is 9.21 Å². The highest BCUT2D eigenvalue weighted by Crippen LogP contribution is 2.25. The topological polar surface area (TPSA) is 36.7 Å². The van der Waals surface area contributed by atoms with Gasteiger partial charge >= 0.3 is 0 Å². The van der Waals surface area contributed by atoms with Gasteiger partial charge in [-0.3, -0.25) is 4.79 Å². The Morgan fingerprint density at radius 2 is 1.71 bits per heavy atom. The number of furan rings is 1. The third-order valence-corrected chi connectivity index (χ3v) is 4.92. The third kappa shape index (κ3) is 4.29. The van der Waals surface area contributed by atoms with E-state index in [-0.39, 0.29) is 18.3 Å². The minimum Gasteiger partial charge on any atom is -0.464 e. The van der Waals surface area contributed by atoms with Gasteiger partial charge in [0, 0.05) is 30.6 Å². The predicted octanol–water partition coefficient (Wildman–Crippen LogP) is 4.63. The Balaban J connectivity index is 0.00000225. The lowest BCUT2D eigenvalue weighted by atomic mass is 10.0. The number of amides is 1. The molecule has 1 aromatic heterocycles. The third-order valence-electron chi connectivity index (χ3n) is 4.92. The Kier molecular flexibility index (Phi) is 6.22. The van der Waals surface area contributed by atoms with Crippen LogP contribution >= 0.6 is 12.4 Å². The fourth-order valence-electron chi connectivity index (χ4n) is 3.58. The molecule has 2 heterocycles. The quantitative estimate of drug-likeness (QED) is 0.645. The molecule has 2 aromatic carbocycles. The van der Waals surface area contributed by atoms with Gasteiger partial charge in [-0.2, -0.15) is 0 Å². The molecule has 0 fully saturated rings. The standard InChI is InChI=1S/C23H24N2O2.ClH/c1-24(2)16-21-14-20-15-25(13-12-22(20)27-21)23(26)19-10-8-18(9-11-19)17-6-4-3-5-7-17;/h3-11,14H,12-13,15-16H2,1-2H3;1H. The number of carbonyl (C=O) groups excluding carboxylic acids is 1. The van der Waals surface area contributed by atoms with Crippen molar-refractivity contribution in [2.75, 3.05) is 20.6 Å². The van der Waals surface area contributed by atoms with Crippen LogP contribution in [0.4, 0.5) is 0 Å². The summed E-state index contributed by atoms with van der Waals surface area (Å²) in [4.78, 5) is 16.9. The second-order valence-corrected chi connectivity index (χ2v) is 7.32. The molecule has 0 saturated heterocycles. The molecule has 1 amide bonds. The van der Waals surface area contributed by atoms with Crippen molar-refractivity contribution in [3.8, 4) is 11.1 Å². The van der Waals surface area contributed by atoms with E-state index in [0.29, 0.717) is 13.1 Å². The summed E-state index contributed by atoms with van der Waals surface area (Å²) in [6, 6.07) is 20.2. The van der Waals surface area contributed by atoms with Gasteiger partial charge in [0.15, 0.2) is 0 Å². The summed E-state index contributed by atoms with van der Waals surface area (Å²) in [6.07, 6.45) is 0.774. The van der Waals surface area contributed by atoms with E-state index < -0.39 is 0 Å². The number of rotatable bonds is 4. The molecule has 1 aliphatic heterocycles. The minimum absolute atomic E-state index is 0. The summed E-state index contributed by atoms with van der Waals surface area (Å²) < 4.78 is 5.94. The Morgan fingerprint density at radius 3 is 2.39 bits per heavy atom. The van der Waals surface area contributed by atoms with E-state index in [1.165, 1.54) is 0 Å². The van der Waals surface area contributed by atoms with Crippen LogP contribution in [-0.2, 0) is 19.5 Å². The van der Waals surface area contributed by atoms with Crippen molar-refractivity contribution in [3.05, 3.63) is 83.3 Å². The number of fused-ring (bicyclic) bond motifs is 1. The summed E-state index contributed by atoms with van der Waals surface area (Å²) in [5.74, 6) is 2.07. The zero-order chi connectivity index (χ0) is 18.8. The van der Waals surface area contributed by atoms with E-state index in [1.54, 1.807) is 0 Å². The molecule has 3 aromatic rings. The van der Waals surface area contributed by atoms with Crippen LogP contribution in [0.2, 0.25) is 0 Å². The highest BCUT2D eigenvalue weighted by molar-refractivity contribution is 5.94. The van der Waals surface area contributed by atoms with Crippen LogP contribution in [0.25, 0.3) is 11.1 Å². The van der Waals surface area contributed by atoms with Crippen molar-refractivity contribution in [3.63, 3.8) is 0 Å². The fraction of sp³-hybridized carbons (Fsp3) is 0.261. The maximum atomic E-state index is 12.9. The van der Waals surface area contributed by atoms with Crippen molar-refractivity contribution in [2.24, 2.45) is 0 Å². The van der Waals surface area contributed by atoms with Gasteiger partial charge in [0.2, 0.25) is 0 Å². The number of benzene rings is 2. The molecule has 0 saturated carbocycles. The molecule has 0 bridgehead atoms. The van der Waals surface area contributed by atoms with E-state index >= 15 is 0 Å². The lowest BCUT2D eigenvalue weighted by molar-refractivity contribution is 0.0729. The predicted molar refractivity (Wildman–Crippen MR) is 114 cm³/mol. The highest BCUT2D eigenvalue weighted by atomic mass is 35.5. The first-order valence-corrected chi connectivity index (χ1v) is 9.30. The van der Waals surface area contributed by atoms with Gasteiger partial charge in [0.25, 0.3) is 5.91 Å². The van der Waals surface area contributed by atoms with Gasteiger partial charge in [0.05, 0.1) is 6.54 Å². The smallest absolute Gasteiger partial charge is 0.254 e. The molecule has 1 aliphatic rings. The normalized spacial score (nSPS) is 13.2. The zero-order valence-electron chi connectivity index (χ0n) is 16.2. The lowest BCUT2D eigenvalue weighted by Gasteiger charge is -2.26. The minimum atomic E-state index is 0. The van der Waals surface area contributed by atoms with E-state index in [0.717, 1.165) is 46.7 Å². The molecular formula is C23H25ClN2O2. The van der Waals surface area contributed by atoms with E-state index in [1.807, 2.05) is 61.5 Å². The summed E-state index contributed by atoms with van der Waals surface area (Å²) in [6.45, 7) is 2.09. The molecule has 0 N–H and O–H groups in total. The summed E-state index contributed by atoms with van der Waals surface area (Å²) in [5, 5.41) is 0. The van der Waals surface area contributed by atoms with Gasteiger partial charge in [0.1, 0.15) is 11.5 Å². The van der Waals surface area contributed by atoms with E-state index in [4.69, 9.17) is 4.42 Å². The molecule has 0 radical (unpaired) electrons. The largest absolute Gasteiger partial charge is 0.464 e. The van der Waals surface area contributed by atoms with Gasteiger partial charge < -0.3 is 14.2 Å². The average Bonchev–Trinajstić information content (AvgIpc) is 3.09. The Labute approximate surface area is 172 Å². The monoisotopic (exact) mass is 396 g/mol. The maximum absolute atomic E-state index is 12.9. The van der Waals surface area contributed by atoms with Gasteiger partial charge in [-0.25, -0.2) is 0 Å². The molecular weight excluding hydrogens is 372 g/mol. The van der Waals surface area contributed by atoms with Crippen molar-refractivity contribution in [1.29, 1.82) is 0 Å². The Morgan fingerprint density at radius 1 is 1.04 bits per heavy atom. The first kappa shape index (κ1) is 20.2. The first-order valence-electron chi connectivity index (χ1n) is 9.30. The number of carbonyl (C=O) groups is 1. The van der Waals surface area contributed by atoms with Crippen molar-refractivity contribution in [1.82, 2.24) is 9.80 Å². The first-order chi connectivity index (χ1) is 13.1. The number of hydrogen-bond acceptors (Lipinski definition) is 3. The van der Waals surface area contributed by atoms with E-state index in [9.17, 15) is 4.79 Å². The van der Waals surface area contributed by atoms with Crippen LogP contribution in [0.5, 0.6) is 0 Å². The van der Waals surface area contributed by atoms with Crippen LogP contribution in [-0.4, -0.2) is 36.3 Å². The molecule has 5 heteroatoms. The summed E-state index contributed by atoms with van der Waals surface area (Å²) >= 11 is 0.